The van der Waals surface area contributed by atoms with Gasteiger partial charge in [0.25, 0.3) is 0 Å². The summed E-state index contributed by atoms with van der Waals surface area (Å²) in [7, 11) is 0. The molecule has 0 saturated carbocycles. The number of rotatable bonds is 2. The minimum atomic E-state index is 0.539. The first-order valence-electron chi connectivity index (χ1n) is 5.46. The molecule has 1 aromatic carbocycles. The van der Waals surface area contributed by atoms with E-state index < -0.39 is 0 Å². The average molecular weight is 370 g/mol. The molecular formula is C12H11IN4S. The predicted molar refractivity (Wildman–Crippen MR) is 82.8 cm³/mol. The number of anilines is 1. The van der Waals surface area contributed by atoms with Crippen molar-refractivity contribution in [1.29, 1.82) is 0 Å². The number of aromatic nitrogens is 3. The second-order valence-electron chi connectivity index (χ2n) is 4.05. The van der Waals surface area contributed by atoms with Gasteiger partial charge in [0.05, 0.1) is 28.3 Å². The van der Waals surface area contributed by atoms with Gasteiger partial charge in [-0.05, 0) is 47.7 Å². The summed E-state index contributed by atoms with van der Waals surface area (Å²) in [4.78, 5) is 8.85. The summed E-state index contributed by atoms with van der Waals surface area (Å²) in [5.74, 6) is 0.539. The summed E-state index contributed by atoms with van der Waals surface area (Å²) in [6.07, 6.45) is 0. The van der Waals surface area contributed by atoms with Crippen molar-refractivity contribution in [1.82, 2.24) is 14.5 Å². The zero-order valence-corrected chi connectivity index (χ0v) is 12.7. The minimum absolute atomic E-state index is 0.539. The number of fused-ring (bicyclic) bond motifs is 1. The van der Waals surface area contributed by atoms with E-state index in [1.165, 1.54) is 0 Å². The molecule has 2 heterocycles. The van der Waals surface area contributed by atoms with E-state index in [1.54, 1.807) is 11.3 Å². The lowest BCUT2D eigenvalue weighted by Gasteiger charge is -2.03. The molecule has 6 heteroatoms. The highest BCUT2D eigenvalue weighted by Crippen LogP contribution is 2.22. The fourth-order valence-corrected chi connectivity index (χ4v) is 3.01. The van der Waals surface area contributed by atoms with E-state index >= 15 is 0 Å². The minimum Gasteiger partial charge on any atom is -0.369 e. The maximum absolute atomic E-state index is 5.98. The monoisotopic (exact) mass is 370 g/mol. The molecule has 0 bridgehead atoms. The standard InChI is InChI=1S/C12H11IN4S/c1-7-15-9(6-18-7)5-17-11-3-2-8(13)4-10(11)16-12(17)14/h2-4,6H,5H2,1H3,(H2,14,16). The smallest absolute Gasteiger partial charge is 0.201 e. The number of halogens is 1. The van der Waals surface area contributed by atoms with Crippen molar-refractivity contribution in [3.05, 3.63) is 37.9 Å². The number of nitrogens with zero attached hydrogens (tertiary/aromatic N) is 3. The van der Waals surface area contributed by atoms with E-state index in [-0.39, 0.29) is 0 Å². The van der Waals surface area contributed by atoms with Crippen LogP contribution in [0.15, 0.2) is 23.6 Å². The van der Waals surface area contributed by atoms with Gasteiger partial charge >= 0.3 is 0 Å². The molecular weight excluding hydrogens is 359 g/mol. The van der Waals surface area contributed by atoms with Gasteiger partial charge in [-0.1, -0.05) is 0 Å². The van der Waals surface area contributed by atoms with E-state index in [1.807, 2.05) is 17.6 Å². The van der Waals surface area contributed by atoms with E-state index in [2.05, 4.69) is 50.1 Å². The lowest BCUT2D eigenvalue weighted by atomic mass is 10.3. The van der Waals surface area contributed by atoms with E-state index in [9.17, 15) is 0 Å². The predicted octanol–water partition coefficient (Wildman–Crippen LogP) is 3.04. The summed E-state index contributed by atoms with van der Waals surface area (Å²) in [6.45, 7) is 2.68. The Hall–Kier alpha value is -1.15. The summed E-state index contributed by atoms with van der Waals surface area (Å²) >= 11 is 3.93. The fraction of sp³-hybridized carbons (Fsp3) is 0.167. The van der Waals surface area contributed by atoms with Crippen molar-refractivity contribution >= 4 is 50.9 Å². The second kappa shape index (κ2) is 4.51. The van der Waals surface area contributed by atoms with E-state index in [0.29, 0.717) is 12.5 Å². The molecule has 0 aliphatic rings. The number of hydrogen-bond acceptors (Lipinski definition) is 4. The summed E-state index contributed by atoms with van der Waals surface area (Å²) in [5.41, 5.74) is 9.00. The Bertz CT molecular complexity index is 716. The van der Waals surface area contributed by atoms with Crippen LogP contribution in [0, 0.1) is 10.5 Å². The first-order valence-corrected chi connectivity index (χ1v) is 7.41. The Labute approximate surface area is 122 Å². The van der Waals surface area contributed by atoms with Crippen LogP contribution in [0.4, 0.5) is 5.95 Å². The van der Waals surface area contributed by atoms with Crippen LogP contribution in [-0.2, 0) is 6.54 Å². The van der Waals surface area contributed by atoms with E-state index in [0.717, 1.165) is 25.3 Å². The van der Waals surface area contributed by atoms with Crippen molar-refractivity contribution in [2.24, 2.45) is 0 Å². The number of thiazole rings is 1. The lowest BCUT2D eigenvalue weighted by molar-refractivity contribution is 0.813. The molecule has 0 radical (unpaired) electrons. The van der Waals surface area contributed by atoms with Crippen molar-refractivity contribution in [3.8, 4) is 0 Å². The maximum Gasteiger partial charge on any atom is 0.201 e. The van der Waals surface area contributed by atoms with Gasteiger partial charge in [0.15, 0.2) is 0 Å². The number of aryl methyl sites for hydroxylation is 1. The highest BCUT2D eigenvalue weighted by atomic mass is 127. The molecule has 92 valence electrons. The molecule has 0 saturated heterocycles. The Morgan fingerprint density at radius 2 is 2.22 bits per heavy atom. The molecule has 3 aromatic rings. The molecule has 0 spiro atoms. The molecule has 3 rings (SSSR count). The van der Waals surface area contributed by atoms with Crippen molar-refractivity contribution in [2.45, 2.75) is 13.5 Å². The molecule has 2 N–H and O–H groups in total. The first kappa shape index (κ1) is 11.9. The van der Waals surface area contributed by atoms with Gasteiger partial charge in [-0.15, -0.1) is 11.3 Å². The van der Waals surface area contributed by atoms with Crippen LogP contribution in [-0.4, -0.2) is 14.5 Å². The van der Waals surface area contributed by atoms with Gasteiger partial charge in [-0.3, -0.25) is 0 Å². The Morgan fingerprint density at radius 3 is 2.94 bits per heavy atom. The van der Waals surface area contributed by atoms with Gasteiger partial charge in [-0.25, -0.2) is 9.97 Å². The van der Waals surface area contributed by atoms with E-state index in [4.69, 9.17) is 5.73 Å². The van der Waals surface area contributed by atoms with Crippen LogP contribution in [0.3, 0.4) is 0 Å². The quantitative estimate of drug-likeness (QED) is 0.706. The summed E-state index contributed by atoms with van der Waals surface area (Å²) in [6, 6.07) is 6.15. The zero-order valence-electron chi connectivity index (χ0n) is 9.72. The third-order valence-corrected chi connectivity index (χ3v) is 4.22. The third kappa shape index (κ3) is 2.10. The Morgan fingerprint density at radius 1 is 1.39 bits per heavy atom. The average Bonchev–Trinajstić information content (AvgIpc) is 2.84. The number of hydrogen-bond donors (Lipinski definition) is 1. The van der Waals surface area contributed by atoms with Gasteiger partial charge in [-0.2, -0.15) is 0 Å². The van der Waals surface area contributed by atoms with Gasteiger partial charge in [0, 0.05) is 8.95 Å². The molecule has 4 nitrogen and oxygen atoms in total. The second-order valence-corrected chi connectivity index (χ2v) is 6.35. The van der Waals surface area contributed by atoms with Crippen LogP contribution in [0.1, 0.15) is 10.7 Å². The number of benzene rings is 1. The normalized spacial score (nSPS) is 11.2. The fourth-order valence-electron chi connectivity index (χ4n) is 1.93. The highest BCUT2D eigenvalue weighted by Gasteiger charge is 2.10. The van der Waals surface area contributed by atoms with Crippen LogP contribution < -0.4 is 5.73 Å². The number of nitrogens with two attached hydrogens (primary N) is 1. The van der Waals surface area contributed by atoms with Gasteiger partial charge in [0.1, 0.15) is 0 Å². The third-order valence-electron chi connectivity index (χ3n) is 2.73. The van der Waals surface area contributed by atoms with Gasteiger partial charge in [0.2, 0.25) is 5.95 Å². The maximum atomic E-state index is 5.98. The van der Waals surface area contributed by atoms with Crippen molar-refractivity contribution in [2.75, 3.05) is 5.73 Å². The largest absolute Gasteiger partial charge is 0.369 e. The molecule has 2 aromatic heterocycles. The van der Waals surface area contributed by atoms with Crippen LogP contribution >= 0.6 is 33.9 Å². The molecule has 0 aliphatic heterocycles. The molecule has 0 aliphatic carbocycles. The van der Waals surface area contributed by atoms with Crippen LogP contribution in [0.5, 0.6) is 0 Å². The SMILES string of the molecule is Cc1nc(Cn2c(N)nc3cc(I)ccc32)cs1. The molecule has 0 amide bonds. The van der Waals surface area contributed by atoms with Crippen molar-refractivity contribution in [3.63, 3.8) is 0 Å². The molecule has 0 unspecified atom stereocenters. The highest BCUT2D eigenvalue weighted by molar-refractivity contribution is 14.1. The molecule has 0 atom stereocenters. The van der Waals surface area contributed by atoms with Crippen LogP contribution in [0.25, 0.3) is 11.0 Å². The molecule has 0 fully saturated rings. The summed E-state index contributed by atoms with van der Waals surface area (Å²) < 4.78 is 3.16. The molecule has 18 heavy (non-hydrogen) atoms. The summed E-state index contributed by atoms with van der Waals surface area (Å²) in [5, 5.41) is 3.13. The zero-order chi connectivity index (χ0) is 12.7. The van der Waals surface area contributed by atoms with Crippen LogP contribution in [0.2, 0.25) is 0 Å². The van der Waals surface area contributed by atoms with Gasteiger partial charge < -0.3 is 10.3 Å². The Kier molecular flexibility index (Phi) is 2.98. The lowest BCUT2D eigenvalue weighted by Crippen LogP contribution is -2.04. The first-order chi connectivity index (χ1) is 8.63. The Balaban J connectivity index is 2.08. The number of nitrogen functional groups attached to an aromatic ring is 1. The van der Waals surface area contributed by atoms with Crippen molar-refractivity contribution < 1.29 is 0 Å². The number of imidazole rings is 1. The topological polar surface area (TPSA) is 56.7 Å².